The first kappa shape index (κ1) is 17.6. The maximum absolute atomic E-state index is 12.2. The maximum Gasteiger partial charge on any atom is 0.270 e. The van der Waals surface area contributed by atoms with Crippen molar-refractivity contribution < 1.29 is 18.1 Å². The highest BCUT2D eigenvalue weighted by Crippen LogP contribution is 2.18. The second kappa shape index (κ2) is 6.77. The predicted octanol–water partition coefficient (Wildman–Crippen LogP) is 1.73. The van der Waals surface area contributed by atoms with E-state index in [9.17, 15) is 23.3 Å². The summed E-state index contributed by atoms with van der Waals surface area (Å²) in [5.74, 6) is -0.507. The van der Waals surface area contributed by atoms with Gasteiger partial charge in [-0.15, -0.1) is 0 Å². The van der Waals surface area contributed by atoms with Crippen LogP contribution < -0.4 is 10.5 Å². The molecule has 0 fully saturated rings. The van der Waals surface area contributed by atoms with Crippen LogP contribution in [0.15, 0.2) is 53.4 Å². The molecular formula is C15H15N3O5S. The molecule has 0 aromatic heterocycles. The van der Waals surface area contributed by atoms with Crippen molar-refractivity contribution in [3.05, 3.63) is 69.8 Å². The third-order valence-corrected chi connectivity index (χ3v) is 4.26. The molecule has 2 aromatic rings. The zero-order chi connectivity index (χ0) is 17.9. The fourth-order valence-electron chi connectivity index (χ4n) is 2.08. The average molecular weight is 349 g/mol. The first-order chi connectivity index (χ1) is 11.2. The van der Waals surface area contributed by atoms with Gasteiger partial charge in [-0.2, -0.15) is 0 Å². The number of nitro groups is 1. The van der Waals surface area contributed by atoms with E-state index in [1.165, 1.54) is 42.5 Å². The monoisotopic (exact) mass is 349 g/mol. The van der Waals surface area contributed by atoms with E-state index in [1.54, 1.807) is 13.0 Å². The molecule has 0 aliphatic heterocycles. The molecule has 8 nitrogen and oxygen atoms in total. The first-order valence-corrected chi connectivity index (χ1v) is 8.41. The molecule has 9 heteroatoms. The van der Waals surface area contributed by atoms with E-state index in [-0.39, 0.29) is 16.1 Å². The van der Waals surface area contributed by atoms with Gasteiger partial charge in [0.15, 0.2) is 0 Å². The molecule has 1 unspecified atom stereocenters. The number of amides is 1. The Morgan fingerprint density at radius 1 is 1.21 bits per heavy atom. The van der Waals surface area contributed by atoms with Gasteiger partial charge in [-0.05, 0) is 30.7 Å². The topological polar surface area (TPSA) is 132 Å². The Hall–Kier alpha value is -2.78. The van der Waals surface area contributed by atoms with E-state index >= 15 is 0 Å². The normalized spacial score (nSPS) is 12.4. The quantitative estimate of drug-likeness (QED) is 0.626. The molecule has 0 heterocycles. The van der Waals surface area contributed by atoms with Crippen molar-refractivity contribution in [1.29, 1.82) is 0 Å². The third kappa shape index (κ3) is 4.15. The zero-order valence-corrected chi connectivity index (χ0v) is 13.5. The van der Waals surface area contributed by atoms with Crippen LogP contribution in [0.25, 0.3) is 0 Å². The molecule has 0 radical (unpaired) electrons. The van der Waals surface area contributed by atoms with E-state index in [0.717, 1.165) is 0 Å². The average Bonchev–Trinajstić information content (AvgIpc) is 2.54. The highest BCUT2D eigenvalue weighted by molar-refractivity contribution is 7.89. The molecule has 0 spiro atoms. The SMILES string of the molecule is CC(NC(=O)c1cccc([N+](=O)[O-])c1)c1cccc(S(N)(=O)=O)c1. The molecule has 2 aromatic carbocycles. The van der Waals surface area contributed by atoms with Gasteiger partial charge >= 0.3 is 0 Å². The van der Waals surface area contributed by atoms with Gasteiger partial charge in [0.2, 0.25) is 10.0 Å². The summed E-state index contributed by atoms with van der Waals surface area (Å²) in [6.45, 7) is 1.66. The molecule has 126 valence electrons. The second-order valence-electron chi connectivity index (χ2n) is 5.12. The van der Waals surface area contributed by atoms with Crippen LogP contribution in [0.1, 0.15) is 28.9 Å². The van der Waals surface area contributed by atoms with Crippen LogP contribution in [0.2, 0.25) is 0 Å². The number of nitrogens with two attached hydrogens (primary N) is 1. The Kier molecular flexibility index (Phi) is 4.96. The number of rotatable bonds is 5. The number of carbonyl (C=O) groups excluding carboxylic acids is 1. The number of primary sulfonamides is 1. The van der Waals surface area contributed by atoms with Crippen molar-refractivity contribution in [2.45, 2.75) is 17.9 Å². The van der Waals surface area contributed by atoms with E-state index < -0.39 is 26.9 Å². The summed E-state index contributed by atoms with van der Waals surface area (Å²) in [7, 11) is -3.84. The van der Waals surface area contributed by atoms with E-state index in [0.29, 0.717) is 5.56 Å². The van der Waals surface area contributed by atoms with Crippen molar-refractivity contribution in [3.63, 3.8) is 0 Å². The van der Waals surface area contributed by atoms with Gasteiger partial charge < -0.3 is 5.32 Å². The Morgan fingerprint density at radius 2 is 1.88 bits per heavy atom. The zero-order valence-electron chi connectivity index (χ0n) is 12.7. The van der Waals surface area contributed by atoms with Crippen LogP contribution in [0, 0.1) is 10.1 Å². The lowest BCUT2D eigenvalue weighted by Gasteiger charge is -2.15. The highest BCUT2D eigenvalue weighted by Gasteiger charge is 2.16. The van der Waals surface area contributed by atoms with Crippen LogP contribution in [0.5, 0.6) is 0 Å². The maximum atomic E-state index is 12.2. The third-order valence-electron chi connectivity index (χ3n) is 3.35. The van der Waals surface area contributed by atoms with E-state index in [2.05, 4.69) is 5.32 Å². The van der Waals surface area contributed by atoms with Gasteiger partial charge in [-0.1, -0.05) is 18.2 Å². The lowest BCUT2D eigenvalue weighted by Crippen LogP contribution is -2.27. The lowest BCUT2D eigenvalue weighted by atomic mass is 10.1. The number of hydrogen-bond acceptors (Lipinski definition) is 5. The molecule has 1 atom stereocenters. The molecule has 1 amide bonds. The Labute approximate surface area is 138 Å². The minimum Gasteiger partial charge on any atom is -0.346 e. The number of benzene rings is 2. The van der Waals surface area contributed by atoms with Crippen LogP contribution >= 0.6 is 0 Å². The summed E-state index contributed by atoms with van der Waals surface area (Å²) in [5.41, 5.74) is 0.491. The van der Waals surface area contributed by atoms with Crippen molar-refractivity contribution >= 4 is 21.6 Å². The number of non-ortho nitro benzene ring substituents is 1. The number of hydrogen-bond donors (Lipinski definition) is 2. The van der Waals surface area contributed by atoms with Crippen molar-refractivity contribution in [2.24, 2.45) is 5.14 Å². The lowest BCUT2D eigenvalue weighted by molar-refractivity contribution is -0.384. The Morgan fingerprint density at radius 3 is 2.50 bits per heavy atom. The summed E-state index contributed by atoms with van der Waals surface area (Å²) >= 11 is 0. The summed E-state index contributed by atoms with van der Waals surface area (Å²) in [6, 6.07) is 10.7. The summed E-state index contributed by atoms with van der Waals surface area (Å²) in [4.78, 5) is 22.3. The molecule has 0 aliphatic carbocycles. The van der Waals surface area contributed by atoms with Gasteiger partial charge in [0.1, 0.15) is 0 Å². The van der Waals surface area contributed by atoms with E-state index in [4.69, 9.17) is 5.14 Å². The summed E-state index contributed by atoms with van der Waals surface area (Å²) in [6.07, 6.45) is 0. The molecule has 0 saturated carbocycles. The van der Waals surface area contributed by atoms with Crippen LogP contribution in [-0.4, -0.2) is 19.2 Å². The fourth-order valence-corrected chi connectivity index (χ4v) is 2.65. The van der Waals surface area contributed by atoms with Gasteiger partial charge in [0.05, 0.1) is 15.9 Å². The predicted molar refractivity (Wildman–Crippen MR) is 86.8 cm³/mol. The van der Waals surface area contributed by atoms with Gasteiger partial charge in [-0.3, -0.25) is 14.9 Å². The number of sulfonamides is 1. The Balaban J connectivity index is 2.20. The van der Waals surface area contributed by atoms with Crippen LogP contribution in [-0.2, 0) is 10.0 Å². The van der Waals surface area contributed by atoms with E-state index in [1.807, 2.05) is 0 Å². The van der Waals surface area contributed by atoms with Crippen LogP contribution in [0.4, 0.5) is 5.69 Å². The van der Waals surface area contributed by atoms with Gasteiger partial charge in [0.25, 0.3) is 11.6 Å². The second-order valence-corrected chi connectivity index (χ2v) is 6.68. The van der Waals surface area contributed by atoms with Crippen LogP contribution in [0.3, 0.4) is 0 Å². The molecule has 3 N–H and O–H groups in total. The molecule has 2 rings (SSSR count). The highest BCUT2D eigenvalue weighted by atomic mass is 32.2. The number of nitrogens with zero attached hydrogens (tertiary/aromatic N) is 1. The van der Waals surface area contributed by atoms with Gasteiger partial charge in [-0.25, -0.2) is 13.6 Å². The van der Waals surface area contributed by atoms with Crippen molar-refractivity contribution in [1.82, 2.24) is 5.32 Å². The molecule has 0 aliphatic rings. The minimum atomic E-state index is -3.84. The number of nitrogens with one attached hydrogen (secondary N) is 1. The van der Waals surface area contributed by atoms with Crippen molar-refractivity contribution in [2.75, 3.05) is 0 Å². The standard InChI is InChI=1S/C15H15N3O5S/c1-10(11-4-3-7-14(9-11)24(16,22)23)17-15(19)12-5-2-6-13(8-12)18(20)21/h2-10H,1H3,(H,17,19)(H2,16,22,23). The molecular weight excluding hydrogens is 334 g/mol. The number of carbonyl (C=O) groups is 1. The smallest absolute Gasteiger partial charge is 0.270 e. The Bertz CT molecular complexity index is 895. The molecule has 24 heavy (non-hydrogen) atoms. The van der Waals surface area contributed by atoms with Crippen molar-refractivity contribution in [3.8, 4) is 0 Å². The summed E-state index contributed by atoms with van der Waals surface area (Å²) < 4.78 is 22.8. The fraction of sp³-hybridized carbons (Fsp3) is 0.133. The first-order valence-electron chi connectivity index (χ1n) is 6.86. The number of nitro benzene ring substituents is 1. The minimum absolute atomic E-state index is 0.0588. The molecule has 0 saturated heterocycles. The molecule has 0 bridgehead atoms. The van der Waals surface area contributed by atoms with Gasteiger partial charge in [0, 0.05) is 17.7 Å². The largest absolute Gasteiger partial charge is 0.346 e. The summed E-state index contributed by atoms with van der Waals surface area (Å²) in [5, 5.41) is 18.5.